The van der Waals surface area contributed by atoms with Gasteiger partial charge in [0, 0.05) is 17.6 Å². The van der Waals surface area contributed by atoms with Gasteiger partial charge in [-0.15, -0.1) is 0 Å². The summed E-state index contributed by atoms with van der Waals surface area (Å²) in [5.74, 6) is 0. The Morgan fingerprint density at radius 2 is 1.86 bits per heavy atom. The Morgan fingerprint density at radius 3 is 2.55 bits per heavy atom. The Hall–Kier alpha value is -2.70. The lowest BCUT2D eigenvalue weighted by Crippen LogP contribution is -1.93. The topological polar surface area (TPSA) is 56.9 Å². The number of rotatable bonds is 3. The molecule has 0 amide bonds. The molecule has 0 bridgehead atoms. The summed E-state index contributed by atoms with van der Waals surface area (Å²) in [4.78, 5) is 4.72. The lowest BCUT2D eigenvalue weighted by atomic mass is 10.0. The highest BCUT2D eigenvalue weighted by atomic mass is 16.2. The van der Waals surface area contributed by atoms with Crippen molar-refractivity contribution in [2.24, 2.45) is 0 Å². The van der Waals surface area contributed by atoms with Crippen molar-refractivity contribution >= 4 is 10.9 Å². The molecule has 3 aromatic rings. The molecule has 0 atom stereocenters. The summed E-state index contributed by atoms with van der Waals surface area (Å²) < 4.78 is 0. The van der Waals surface area contributed by atoms with Crippen LogP contribution < -0.4 is 0 Å². The van der Waals surface area contributed by atoms with Crippen LogP contribution in [0.5, 0.6) is 0 Å². The zero-order valence-corrected chi connectivity index (χ0v) is 12.4. The van der Waals surface area contributed by atoms with Gasteiger partial charge >= 0.3 is 0 Å². The molecule has 3 heteroatoms. The summed E-state index contributed by atoms with van der Waals surface area (Å²) in [6.07, 6.45) is 0.659. The van der Waals surface area contributed by atoms with Crippen molar-refractivity contribution in [1.29, 1.82) is 5.26 Å². The standard InChI is InChI=1S/C19H16N2O/c1-13-10-19(16-5-2-15(12-20)3-6-16)21-18-7-4-14(8-9-22)11-17(13)18/h2-7,10-11,22H,8-9H2,1H3. The molecule has 3 rings (SSSR count). The van der Waals surface area contributed by atoms with Crippen LogP contribution in [0.25, 0.3) is 22.2 Å². The number of aliphatic hydroxyl groups is 1. The number of hydrogen-bond acceptors (Lipinski definition) is 3. The first-order valence-corrected chi connectivity index (χ1v) is 7.23. The number of pyridine rings is 1. The maximum Gasteiger partial charge on any atom is 0.0991 e. The number of fused-ring (bicyclic) bond motifs is 1. The average molecular weight is 288 g/mol. The van der Waals surface area contributed by atoms with Crippen molar-refractivity contribution in [1.82, 2.24) is 4.98 Å². The maximum atomic E-state index is 9.06. The van der Waals surface area contributed by atoms with E-state index in [9.17, 15) is 0 Å². The highest BCUT2D eigenvalue weighted by molar-refractivity contribution is 5.85. The van der Waals surface area contributed by atoms with Crippen LogP contribution in [0.4, 0.5) is 0 Å². The molecule has 0 unspecified atom stereocenters. The van der Waals surface area contributed by atoms with Gasteiger partial charge in [0.1, 0.15) is 0 Å². The van der Waals surface area contributed by atoms with Crippen molar-refractivity contribution in [2.75, 3.05) is 6.61 Å². The second-order valence-corrected chi connectivity index (χ2v) is 5.34. The highest BCUT2D eigenvalue weighted by Gasteiger charge is 2.06. The molecule has 1 N–H and O–H groups in total. The van der Waals surface area contributed by atoms with Gasteiger partial charge < -0.3 is 5.11 Å². The number of nitriles is 1. The minimum Gasteiger partial charge on any atom is -0.396 e. The van der Waals surface area contributed by atoms with Crippen LogP contribution in [0.3, 0.4) is 0 Å². The van der Waals surface area contributed by atoms with E-state index in [-0.39, 0.29) is 6.61 Å². The van der Waals surface area contributed by atoms with Crippen molar-refractivity contribution in [3.63, 3.8) is 0 Å². The monoisotopic (exact) mass is 288 g/mol. The number of nitrogens with zero attached hydrogens (tertiary/aromatic N) is 2. The Labute approximate surface area is 129 Å². The Balaban J connectivity index is 2.08. The third kappa shape index (κ3) is 2.69. The predicted molar refractivity (Wildman–Crippen MR) is 87.4 cm³/mol. The zero-order chi connectivity index (χ0) is 15.5. The first-order chi connectivity index (χ1) is 10.7. The molecule has 0 spiro atoms. The SMILES string of the molecule is Cc1cc(-c2ccc(C#N)cc2)nc2ccc(CCO)cc12. The summed E-state index contributed by atoms with van der Waals surface area (Å²) in [6, 6.07) is 17.7. The molecule has 0 radical (unpaired) electrons. The highest BCUT2D eigenvalue weighted by Crippen LogP contribution is 2.25. The van der Waals surface area contributed by atoms with E-state index in [2.05, 4.69) is 25.1 Å². The van der Waals surface area contributed by atoms with Gasteiger partial charge in [0.05, 0.1) is 22.8 Å². The normalized spacial score (nSPS) is 10.6. The van der Waals surface area contributed by atoms with E-state index in [1.165, 1.54) is 0 Å². The number of aliphatic hydroxyl groups excluding tert-OH is 1. The Bertz CT molecular complexity index is 861. The summed E-state index contributed by atoms with van der Waals surface area (Å²) in [6.45, 7) is 2.22. The molecule has 0 saturated heterocycles. The van der Waals surface area contributed by atoms with Crippen LogP contribution in [-0.2, 0) is 6.42 Å². The molecule has 0 aliphatic carbocycles. The van der Waals surface area contributed by atoms with E-state index < -0.39 is 0 Å². The summed E-state index contributed by atoms with van der Waals surface area (Å²) in [5.41, 5.74) is 5.78. The minimum absolute atomic E-state index is 0.154. The molecule has 22 heavy (non-hydrogen) atoms. The third-order valence-electron chi connectivity index (χ3n) is 3.79. The van der Waals surface area contributed by atoms with E-state index in [0.717, 1.165) is 33.3 Å². The first kappa shape index (κ1) is 14.2. The molecule has 0 fully saturated rings. The Morgan fingerprint density at radius 1 is 1.09 bits per heavy atom. The second-order valence-electron chi connectivity index (χ2n) is 5.34. The van der Waals surface area contributed by atoms with Gasteiger partial charge in [-0.25, -0.2) is 4.98 Å². The molecular formula is C19H16N2O. The molecule has 1 aromatic heterocycles. The average Bonchev–Trinajstić information content (AvgIpc) is 2.55. The van der Waals surface area contributed by atoms with Gasteiger partial charge in [0.15, 0.2) is 0 Å². The molecule has 3 nitrogen and oxygen atoms in total. The fourth-order valence-electron chi connectivity index (χ4n) is 2.59. The summed E-state index contributed by atoms with van der Waals surface area (Å²) >= 11 is 0. The van der Waals surface area contributed by atoms with Crippen molar-refractivity contribution in [3.8, 4) is 17.3 Å². The van der Waals surface area contributed by atoms with E-state index in [4.69, 9.17) is 15.4 Å². The van der Waals surface area contributed by atoms with Crippen LogP contribution in [0.15, 0.2) is 48.5 Å². The number of benzene rings is 2. The molecule has 0 saturated carbocycles. The van der Waals surface area contributed by atoms with Gasteiger partial charge in [-0.1, -0.05) is 18.2 Å². The fourth-order valence-corrected chi connectivity index (χ4v) is 2.59. The van der Waals surface area contributed by atoms with Gasteiger partial charge in [-0.3, -0.25) is 0 Å². The minimum atomic E-state index is 0.154. The molecule has 0 aliphatic heterocycles. The van der Waals surface area contributed by atoms with Crippen LogP contribution >= 0.6 is 0 Å². The second kappa shape index (κ2) is 5.97. The number of hydrogen-bond donors (Lipinski definition) is 1. The summed E-state index contributed by atoms with van der Waals surface area (Å²) in [7, 11) is 0. The number of aromatic nitrogens is 1. The third-order valence-corrected chi connectivity index (χ3v) is 3.79. The van der Waals surface area contributed by atoms with E-state index in [1.54, 1.807) is 12.1 Å². The fraction of sp³-hybridized carbons (Fsp3) is 0.158. The van der Waals surface area contributed by atoms with Gasteiger partial charge in [0.2, 0.25) is 0 Å². The maximum absolute atomic E-state index is 9.06. The quantitative estimate of drug-likeness (QED) is 0.801. The van der Waals surface area contributed by atoms with E-state index in [1.807, 2.05) is 24.3 Å². The molecule has 0 aliphatic rings. The molecular weight excluding hydrogens is 272 g/mol. The van der Waals surface area contributed by atoms with Crippen LogP contribution in [-0.4, -0.2) is 16.7 Å². The largest absolute Gasteiger partial charge is 0.396 e. The lowest BCUT2D eigenvalue weighted by Gasteiger charge is -2.08. The van der Waals surface area contributed by atoms with Gasteiger partial charge in [-0.2, -0.15) is 5.26 Å². The van der Waals surface area contributed by atoms with Crippen LogP contribution in [0.2, 0.25) is 0 Å². The smallest absolute Gasteiger partial charge is 0.0991 e. The number of aryl methyl sites for hydroxylation is 1. The zero-order valence-electron chi connectivity index (χ0n) is 12.4. The van der Waals surface area contributed by atoms with Crippen molar-refractivity contribution in [2.45, 2.75) is 13.3 Å². The van der Waals surface area contributed by atoms with Crippen LogP contribution in [0, 0.1) is 18.3 Å². The molecule has 2 aromatic carbocycles. The van der Waals surface area contributed by atoms with Gasteiger partial charge in [-0.05, 0) is 54.8 Å². The lowest BCUT2D eigenvalue weighted by molar-refractivity contribution is 0.299. The van der Waals surface area contributed by atoms with Crippen molar-refractivity contribution in [3.05, 3.63) is 65.2 Å². The molecule has 108 valence electrons. The van der Waals surface area contributed by atoms with E-state index >= 15 is 0 Å². The van der Waals surface area contributed by atoms with Crippen molar-refractivity contribution < 1.29 is 5.11 Å². The first-order valence-electron chi connectivity index (χ1n) is 7.23. The Kier molecular flexibility index (Phi) is 3.86. The van der Waals surface area contributed by atoms with E-state index in [0.29, 0.717) is 12.0 Å². The van der Waals surface area contributed by atoms with Gasteiger partial charge in [0.25, 0.3) is 0 Å². The molecule has 1 heterocycles. The summed E-state index contributed by atoms with van der Waals surface area (Å²) in [5, 5.41) is 19.0. The van der Waals surface area contributed by atoms with Crippen LogP contribution in [0.1, 0.15) is 16.7 Å². The predicted octanol–water partition coefficient (Wildman–Crippen LogP) is 3.62.